The average Bonchev–Trinajstić information content (AvgIpc) is 3.09. The maximum Gasteiger partial charge on any atom is 0.407 e. The Morgan fingerprint density at radius 3 is 2.13 bits per heavy atom. The van der Waals surface area contributed by atoms with Gasteiger partial charge in [0.1, 0.15) is 18.7 Å². The van der Waals surface area contributed by atoms with Gasteiger partial charge in [0.05, 0.1) is 0 Å². The van der Waals surface area contributed by atoms with Crippen LogP contribution in [0.2, 0.25) is 0 Å². The van der Waals surface area contributed by atoms with Crippen molar-refractivity contribution >= 4 is 18.0 Å². The van der Waals surface area contributed by atoms with E-state index in [0.29, 0.717) is 0 Å². The Labute approximate surface area is 181 Å². The highest BCUT2D eigenvalue weighted by Gasteiger charge is 2.30. The van der Waals surface area contributed by atoms with Crippen LogP contribution in [0.15, 0.2) is 61.2 Å². The zero-order chi connectivity index (χ0) is 22.4. The predicted octanol–water partition coefficient (Wildman–Crippen LogP) is 3.45. The number of nitrogens with one attached hydrogen (secondary N) is 2. The highest BCUT2D eigenvalue weighted by atomic mass is 16.5. The van der Waals surface area contributed by atoms with Crippen LogP contribution in [0.25, 0.3) is 11.1 Å². The summed E-state index contributed by atoms with van der Waals surface area (Å²) in [6.45, 7) is 5.34. The van der Waals surface area contributed by atoms with Gasteiger partial charge in [-0.25, -0.2) is 9.59 Å². The number of hydrogen-bond acceptors (Lipinski definition) is 4. The molecule has 3 rings (SSSR count). The summed E-state index contributed by atoms with van der Waals surface area (Å²) in [6.07, 6.45) is 1.07. The fourth-order valence-electron chi connectivity index (χ4n) is 3.80. The number of alkyl carbamates (subject to hydrolysis) is 1. The molecular formula is C24H26N2O5. The number of aliphatic carboxylic acids is 1. The van der Waals surface area contributed by atoms with Crippen molar-refractivity contribution < 1.29 is 24.2 Å². The molecule has 2 aromatic rings. The minimum atomic E-state index is -1.16. The molecule has 1 aliphatic carbocycles. The van der Waals surface area contributed by atoms with Crippen molar-refractivity contribution in [2.24, 2.45) is 0 Å². The van der Waals surface area contributed by atoms with Crippen molar-refractivity contribution in [2.75, 3.05) is 6.61 Å². The molecular weight excluding hydrogens is 396 g/mol. The Kier molecular flexibility index (Phi) is 7.07. The Morgan fingerprint density at radius 1 is 1.03 bits per heavy atom. The van der Waals surface area contributed by atoms with E-state index in [0.717, 1.165) is 22.3 Å². The van der Waals surface area contributed by atoms with Crippen LogP contribution in [0.4, 0.5) is 4.79 Å². The van der Waals surface area contributed by atoms with Crippen molar-refractivity contribution in [3.05, 3.63) is 72.3 Å². The number of rotatable bonds is 9. The van der Waals surface area contributed by atoms with E-state index in [1.165, 1.54) is 6.08 Å². The Balaban J connectivity index is 1.62. The third kappa shape index (κ3) is 4.94. The van der Waals surface area contributed by atoms with Crippen molar-refractivity contribution in [2.45, 2.75) is 37.8 Å². The number of hydrogen-bond donors (Lipinski definition) is 3. The van der Waals surface area contributed by atoms with Gasteiger partial charge in [-0.2, -0.15) is 0 Å². The van der Waals surface area contributed by atoms with Gasteiger partial charge in [-0.05, 0) is 35.1 Å². The van der Waals surface area contributed by atoms with Gasteiger partial charge in [-0.15, -0.1) is 6.58 Å². The third-order valence-corrected chi connectivity index (χ3v) is 5.38. The van der Waals surface area contributed by atoms with Crippen molar-refractivity contribution in [3.8, 4) is 11.1 Å². The summed E-state index contributed by atoms with van der Waals surface area (Å²) < 4.78 is 5.46. The number of carboxylic acids is 1. The third-order valence-electron chi connectivity index (χ3n) is 5.38. The number of benzene rings is 2. The van der Waals surface area contributed by atoms with Crippen LogP contribution in [-0.4, -0.2) is 41.8 Å². The quantitative estimate of drug-likeness (QED) is 0.537. The van der Waals surface area contributed by atoms with Crippen LogP contribution in [0, 0.1) is 0 Å². The minimum absolute atomic E-state index is 0.0858. The van der Waals surface area contributed by atoms with Gasteiger partial charge in [-0.3, -0.25) is 4.79 Å². The zero-order valence-electron chi connectivity index (χ0n) is 17.3. The van der Waals surface area contributed by atoms with E-state index < -0.39 is 30.1 Å². The van der Waals surface area contributed by atoms with E-state index in [1.807, 2.05) is 48.5 Å². The summed E-state index contributed by atoms with van der Waals surface area (Å²) in [5, 5.41) is 14.1. The molecule has 2 amide bonds. The first kappa shape index (κ1) is 22.1. The van der Waals surface area contributed by atoms with E-state index in [9.17, 15) is 19.5 Å². The molecule has 0 aromatic heterocycles. The Morgan fingerprint density at radius 2 is 1.61 bits per heavy atom. The van der Waals surface area contributed by atoms with Gasteiger partial charge in [0.25, 0.3) is 0 Å². The summed E-state index contributed by atoms with van der Waals surface area (Å²) in [6, 6.07) is 14.0. The Hall–Kier alpha value is -3.61. The second-order valence-electron chi connectivity index (χ2n) is 7.35. The zero-order valence-corrected chi connectivity index (χ0v) is 17.3. The number of amides is 2. The molecule has 2 aromatic carbocycles. The van der Waals surface area contributed by atoms with Gasteiger partial charge in [-0.1, -0.05) is 61.5 Å². The maximum absolute atomic E-state index is 12.4. The fourth-order valence-corrected chi connectivity index (χ4v) is 3.80. The van der Waals surface area contributed by atoms with E-state index in [1.54, 1.807) is 6.92 Å². The molecule has 31 heavy (non-hydrogen) atoms. The van der Waals surface area contributed by atoms with Crippen LogP contribution >= 0.6 is 0 Å². The second kappa shape index (κ2) is 9.93. The number of carbonyl (C=O) groups is 3. The highest BCUT2D eigenvalue weighted by Crippen LogP contribution is 2.44. The molecule has 1 unspecified atom stereocenters. The lowest BCUT2D eigenvalue weighted by Gasteiger charge is -2.20. The molecule has 162 valence electrons. The smallest absolute Gasteiger partial charge is 0.407 e. The molecule has 7 heteroatoms. The molecule has 0 bridgehead atoms. The first-order chi connectivity index (χ1) is 15.0. The molecule has 0 heterocycles. The molecule has 0 aliphatic heterocycles. The molecule has 3 N–H and O–H groups in total. The Bertz CT molecular complexity index is 942. The van der Waals surface area contributed by atoms with Gasteiger partial charge in [0.15, 0.2) is 0 Å². The SMILES string of the molecule is C=CCC(NC(=O)[C@H](CC)NC(=O)OCC1c2ccccc2-c2ccccc21)C(=O)O. The molecule has 7 nitrogen and oxygen atoms in total. The van der Waals surface area contributed by atoms with Crippen molar-refractivity contribution in [1.29, 1.82) is 0 Å². The lowest BCUT2D eigenvalue weighted by molar-refractivity contribution is -0.142. The monoisotopic (exact) mass is 422 g/mol. The molecule has 0 saturated carbocycles. The molecule has 0 fully saturated rings. The van der Waals surface area contributed by atoms with Crippen LogP contribution in [0.5, 0.6) is 0 Å². The fraction of sp³-hybridized carbons (Fsp3) is 0.292. The van der Waals surface area contributed by atoms with Crippen LogP contribution in [0.1, 0.15) is 36.8 Å². The highest BCUT2D eigenvalue weighted by molar-refractivity contribution is 5.89. The summed E-state index contributed by atoms with van der Waals surface area (Å²) in [4.78, 5) is 36.0. The van der Waals surface area contributed by atoms with Crippen molar-refractivity contribution in [1.82, 2.24) is 10.6 Å². The topological polar surface area (TPSA) is 105 Å². The molecule has 0 radical (unpaired) electrons. The summed E-state index contributed by atoms with van der Waals surface area (Å²) in [7, 11) is 0. The molecule has 2 atom stereocenters. The molecule has 0 spiro atoms. The van der Waals surface area contributed by atoms with E-state index >= 15 is 0 Å². The van der Waals surface area contributed by atoms with Crippen LogP contribution in [-0.2, 0) is 14.3 Å². The van der Waals surface area contributed by atoms with Crippen molar-refractivity contribution in [3.63, 3.8) is 0 Å². The largest absolute Gasteiger partial charge is 0.480 e. The summed E-state index contributed by atoms with van der Waals surface area (Å²) in [5.74, 6) is -1.83. The minimum Gasteiger partial charge on any atom is -0.480 e. The molecule has 1 aliphatic rings. The first-order valence-corrected chi connectivity index (χ1v) is 10.2. The first-order valence-electron chi connectivity index (χ1n) is 10.2. The predicted molar refractivity (Wildman–Crippen MR) is 117 cm³/mol. The number of ether oxygens (including phenoxy) is 1. The molecule has 0 saturated heterocycles. The normalized spacial score (nSPS) is 14.0. The standard InChI is InChI=1S/C24H26N2O5/c1-3-9-21(23(28)29)25-22(27)20(4-2)26-24(30)31-14-19-17-12-7-5-10-15(17)16-11-6-8-13-18(16)19/h3,5-8,10-13,19-21H,1,4,9,14H2,2H3,(H,25,27)(H,26,30)(H,28,29)/t20-,21?/m0/s1. The number of fused-ring (bicyclic) bond motifs is 3. The van der Waals surface area contributed by atoms with E-state index in [4.69, 9.17) is 4.74 Å². The van der Waals surface area contributed by atoms with Crippen LogP contribution < -0.4 is 10.6 Å². The lowest BCUT2D eigenvalue weighted by Crippen LogP contribution is -2.51. The van der Waals surface area contributed by atoms with Crippen LogP contribution in [0.3, 0.4) is 0 Å². The van der Waals surface area contributed by atoms with Gasteiger partial charge in [0, 0.05) is 5.92 Å². The summed E-state index contributed by atoms with van der Waals surface area (Å²) in [5.41, 5.74) is 4.43. The number of carboxylic acid groups (broad SMARTS) is 1. The van der Waals surface area contributed by atoms with E-state index in [2.05, 4.69) is 17.2 Å². The van der Waals surface area contributed by atoms with Gasteiger partial charge in [0.2, 0.25) is 5.91 Å². The second-order valence-corrected chi connectivity index (χ2v) is 7.35. The average molecular weight is 422 g/mol. The maximum atomic E-state index is 12.4. The summed E-state index contributed by atoms with van der Waals surface area (Å²) >= 11 is 0. The lowest BCUT2D eigenvalue weighted by atomic mass is 9.98. The number of carbonyl (C=O) groups excluding carboxylic acids is 2. The van der Waals surface area contributed by atoms with Gasteiger partial charge < -0.3 is 20.5 Å². The van der Waals surface area contributed by atoms with E-state index in [-0.39, 0.29) is 25.4 Å². The van der Waals surface area contributed by atoms with Gasteiger partial charge >= 0.3 is 12.1 Å².